The fourth-order valence-electron chi connectivity index (χ4n) is 3.10. The average molecular weight is 432 g/mol. The van der Waals surface area contributed by atoms with Crippen molar-refractivity contribution in [1.82, 2.24) is 19.7 Å². The number of hydrogen-bond donors (Lipinski definition) is 0. The third kappa shape index (κ3) is 5.22. The number of rotatable bonds is 10. The number of aromatic nitrogens is 4. The average Bonchev–Trinajstić information content (AvgIpc) is 3.37. The number of benzene rings is 1. The van der Waals surface area contributed by atoms with E-state index in [-0.39, 0.29) is 0 Å². The van der Waals surface area contributed by atoms with Crippen LogP contribution in [0.3, 0.4) is 0 Å². The summed E-state index contributed by atoms with van der Waals surface area (Å²) in [4.78, 5) is 8.72. The molecule has 164 valence electrons. The maximum Gasteiger partial charge on any atom is 0.227 e. The summed E-state index contributed by atoms with van der Waals surface area (Å²) in [5.74, 6) is 2.20. The zero-order valence-electron chi connectivity index (χ0n) is 18.0. The van der Waals surface area contributed by atoms with Crippen molar-refractivity contribution in [2.24, 2.45) is 0 Å². The van der Waals surface area contributed by atoms with E-state index in [1.807, 2.05) is 55.6 Å². The van der Waals surface area contributed by atoms with E-state index < -0.39 is 0 Å². The monoisotopic (exact) mass is 432 g/mol. The maximum atomic E-state index is 6.18. The van der Waals surface area contributed by atoms with Gasteiger partial charge < -0.3 is 18.9 Å². The highest BCUT2D eigenvalue weighted by molar-refractivity contribution is 5.69. The molecule has 0 radical (unpaired) electrons. The Morgan fingerprint density at radius 1 is 0.906 bits per heavy atom. The first-order valence-electron chi connectivity index (χ1n) is 10.3. The molecule has 0 unspecified atom stereocenters. The number of nitrogens with zero attached hydrogens (tertiary/aromatic N) is 4. The molecule has 8 heteroatoms. The first kappa shape index (κ1) is 21.3. The van der Waals surface area contributed by atoms with Gasteiger partial charge in [0, 0.05) is 61.2 Å². The summed E-state index contributed by atoms with van der Waals surface area (Å²) in [6.07, 6.45) is 6.96. The second-order valence-corrected chi connectivity index (χ2v) is 6.70. The van der Waals surface area contributed by atoms with Crippen LogP contribution in [-0.4, -0.2) is 46.7 Å². The maximum absolute atomic E-state index is 6.18. The summed E-state index contributed by atoms with van der Waals surface area (Å²) in [5, 5.41) is 4.28. The number of hydrogen-bond acceptors (Lipinski definition) is 7. The second kappa shape index (κ2) is 10.4. The SMILES string of the molecule is CCOCCOc1cc(-c2cccnc2Oc2cc(OC)cc(-n3cccn3)c2)ccn1. The van der Waals surface area contributed by atoms with Gasteiger partial charge in [0.15, 0.2) is 0 Å². The number of methoxy groups -OCH3 is 1. The van der Waals surface area contributed by atoms with Crippen molar-refractivity contribution in [3.63, 3.8) is 0 Å². The van der Waals surface area contributed by atoms with Crippen LogP contribution in [0, 0.1) is 0 Å². The molecule has 8 nitrogen and oxygen atoms in total. The Bertz CT molecular complexity index is 1150. The molecule has 0 aliphatic heterocycles. The molecule has 4 aromatic rings. The minimum absolute atomic E-state index is 0.431. The molecule has 0 atom stereocenters. The molecule has 1 aromatic carbocycles. The van der Waals surface area contributed by atoms with Crippen LogP contribution in [0.1, 0.15) is 6.92 Å². The molecule has 0 saturated heterocycles. The molecule has 32 heavy (non-hydrogen) atoms. The molecule has 3 aromatic heterocycles. The van der Waals surface area contributed by atoms with E-state index in [0.717, 1.165) is 16.8 Å². The van der Waals surface area contributed by atoms with Gasteiger partial charge in [0.1, 0.15) is 18.1 Å². The highest BCUT2D eigenvalue weighted by atomic mass is 16.5. The van der Waals surface area contributed by atoms with Crippen LogP contribution in [0.25, 0.3) is 16.8 Å². The van der Waals surface area contributed by atoms with Crippen LogP contribution in [0.4, 0.5) is 0 Å². The Balaban J connectivity index is 1.61. The molecule has 0 bridgehead atoms. The summed E-state index contributed by atoms with van der Waals surface area (Å²) >= 11 is 0. The summed E-state index contributed by atoms with van der Waals surface area (Å²) in [7, 11) is 1.61. The Hall–Kier alpha value is -3.91. The minimum atomic E-state index is 0.431. The lowest BCUT2D eigenvalue weighted by molar-refractivity contribution is 0.108. The lowest BCUT2D eigenvalue weighted by Crippen LogP contribution is -2.07. The quantitative estimate of drug-likeness (QED) is 0.340. The van der Waals surface area contributed by atoms with Crippen molar-refractivity contribution in [2.75, 3.05) is 26.9 Å². The molecule has 0 aliphatic rings. The van der Waals surface area contributed by atoms with Gasteiger partial charge in [-0.15, -0.1) is 0 Å². The molecule has 0 N–H and O–H groups in total. The standard InChI is InChI=1S/C24H24N4O4/c1-3-30-12-13-31-23-14-18(7-10-25-23)22-6-4-8-26-24(22)32-21-16-19(15-20(17-21)29-2)28-11-5-9-27-28/h4-11,14-17H,3,12-13H2,1-2H3. The van der Waals surface area contributed by atoms with Gasteiger partial charge in [-0.05, 0) is 36.8 Å². The van der Waals surface area contributed by atoms with Gasteiger partial charge >= 0.3 is 0 Å². The van der Waals surface area contributed by atoms with Crippen LogP contribution in [0.5, 0.6) is 23.3 Å². The summed E-state index contributed by atoms with van der Waals surface area (Å²) < 4.78 is 24.4. The third-order valence-corrected chi connectivity index (χ3v) is 4.58. The van der Waals surface area contributed by atoms with Gasteiger partial charge in [0.2, 0.25) is 11.8 Å². The zero-order valence-corrected chi connectivity index (χ0v) is 18.0. The van der Waals surface area contributed by atoms with Crippen molar-refractivity contribution in [2.45, 2.75) is 6.92 Å². The predicted octanol–water partition coefficient (Wildman–Crippen LogP) is 4.55. The van der Waals surface area contributed by atoms with Gasteiger partial charge in [-0.1, -0.05) is 0 Å². The predicted molar refractivity (Wildman–Crippen MR) is 120 cm³/mol. The van der Waals surface area contributed by atoms with E-state index in [9.17, 15) is 0 Å². The fourth-order valence-corrected chi connectivity index (χ4v) is 3.10. The Kier molecular flexibility index (Phi) is 6.94. The smallest absolute Gasteiger partial charge is 0.227 e. The minimum Gasteiger partial charge on any atom is -0.497 e. The molecule has 0 aliphatic carbocycles. The molecule has 0 spiro atoms. The topological polar surface area (TPSA) is 80.5 Å². The van der Waals surface area contributed by atoms with E-state index in [1.54, 1.807) is 36.4 Å². The molecule has 3 heterocycles. The first-order chi connectivity index (χ1) is 15.8. The van der Waals surface area contributed by atoms with Gasteiger partial charge in [-0.25, -0.2) is 14.6 Å². The van der Waals surface area contributed by atoms with Crippen LogP contribution >= 0.6 is 0 Å². The molecule has 0 fully saturated rings. The molecule has 0 amide bonds. The first-order valence-corrected chi connectivity index (χ1v) is 10.3. The van der Waals surface area contributed by atoms with Crippen LogP contribution in [-0.2, 0) is 4.74 Å². The Morgan fingerprint density at radius 2 is 1.81 bits per heavy atom. The van der Waals surface area contributed by atoms with Crippen molar-refractivity contribution < 1.29 is 18.9 Å². The number of pyridine rings is 2. The van der Waals surface area contributed by atoms with Crippen LogP contribution < -0.4 is 14.2 Å². The molecule has 4 rings (SSSR count). The van der Waals surface area contributed by atoms with Crippen LogP contribution in [0.2, 0.25) is 0 Å². The van der Waals surface area contributed by atoms with Gasteiger partial charge in [-0.2, -0.15) is 5.10 Å². The largest absolute Gasteiger partial charge is 0.497 e. The third-order valence-electron chi connectivity index (χ3n) is 4.58. The van der Waals surface area contributed by atoms with Crippen molar-refractivity contribution >= 4 is 0 Å². The van der Waals surface area contributed by atoms with Gasteiger partial charge in [0.05, 0.1) is 19.4 Å². The summed E-state index contributed by atoms with van der Waals surface area (Å²) in [6, 6.07) is 15.0. The molecule has 0 saturated carbocycles. The number of ether oxygens (including phenoxy) is 4. The van der Waals surface area contributed by atoms with Gasteiger partial charge in [-0.3, -0.25) is 0 Å². The van der Waals surface area contributed by atoms with E-state index >= 15 is 0 Å². The van der Waals surface area contributed by atoms with Crippen LogP contribution in [0.15, 0.2) is 73.3 Å². The Labute approximate surface area is 186 Å². The molecular weight excluding hydrogens is 408 g/mol. The van der Waals surface area contributed by atoms with Crippen molar-refractivity contribution in [3.8, 4) is 40.1 Å². The normalized spacial score (nSPS) is 10.7. The van der Waals surface area contributed by atoms with E-state index in [1.165, 1.54) is 0 Å². The van der Waals surface area contributed by atoms with Gasteiger partial charge in [0.25, 0.3) is 0 Å². The fraction of sp³-hybridized carbons (Fsp3) is 0.208. The van der Waals surface area contributed by atoms with E-state index in [4.69, 9.17) is 18.9 Å². The van der Waals surface area contributed by atoms with E-state index in [2.05, 4.69) is 15.1 Å². The highest BCUT2D eigenvalue weighted by Gasteiger charge is 2.12. The van der Waals surface area contributed by atoms with Crippen molar-refractivity contribution in [1.29, 1.82) is 0 Å². The lowest BCUT2D eigenvalue weighted by Gasteiger charge is -2.13. The zero-order chi connectivity index (χ0) is 22.2. The Morgan fingerprint density at radius 3 is 2.62 bits per heavy atom. The highest BCUT2D eigenvalue weighted by Crippen LogP contribution is 2.34. The van der Waals surface area contributed by atoms with Crippen molar-refractivity contribution in [3.05, 3.63) is 73.3 Å². The van der Waals surface area contributed by atoms with E-state index in [0.29, 0.717) is 43.1 Å². The second-order valence-electron chi connectivity index (χ2n) is 6.70. The molecular formula is C24H24N4O4. The summed E-state index contributed by atoms with van der Waals surface area (Å²) in [6.45, 7) is 3.54. The lowest BCUT2D eigenvalue weighted by atomic mass is 10.1. The summed E-state index contributed by atoms with van der Waals surface area (Å²) in [5.41, 5.74) is 2.51.